The van der Waals surface area contributed by atoms with Crippen LogP contribution in [-0.4, -0.2) is 58.3 Å². The quantitative estimate of drug-likeness (QED) is 0.779. The predicted octanol–water partition coefficient (Wildman–Crippen LogP) is 2.13. The van der Waals surface area contributed by atoms with Crippen molar-refractivity contribution in [3.05, 3.63) is 0 Å². The summed E-state index contributed by atoms with van der Waals surface area (Å²) in [7, 11) is 0. The van der Waals surface area contributed by atoms with Crippen molar-refractivity contribution >= 4 is 22.8 Å². The van der Waals surface area contributed by atoms with Crippen LogP contribution in [0.3, 0.4) is 0 Å². The first-order chi connectivity index (χ1) is 9.60. The lowest BCUT2D eigenvalue weighted by Crippen LogP contribution is -2.44. The van der Waals surface area contributed by atoms with Crippen LogP contribution in [0.15, 0.2) is 0 Å². The van der Waals surface area contributed by atoms with Gasteiger partial charge >= 0.3 is 0 Å². The first-order valence-electron chi connectivity index (χ1n) is 7.79. The minimum absolute atomic E-state index is 0.117. The van der Waals surface area contributed by atoms with Crippen LogP contribution >= 0.6 is 11.8 Å². The second-order valence-electron chi connectivity index (χ2n) is 5.87. The summed E-state index contributed by atoms with van der Waals surface area (Å²) < 4.78 is 0. The molecular weight excluding hydrogens is 272 g/mol. The number of nitrogens with zero attached hydrogens (tertiary/aromatic N) is 2. The van der Waals surface area contributed by atoms with E-state index < -0.39 is 0 Å². The number of hydrogen-bond acceptors (Lipinski definition) is 4. The molecule has 2 fully saturated rings. The van der Waals surface area contributed by atoms with Crippen LogP contribution in [0.4, 0.5) is 0 Å². The van der Waals surface area contributed by atoms with Gasteiger partial charge in [-0.05, 0) is 25.8 Å². The Morgan fingerprint density at radius 1 is 1.35 bits per heavy atom. The van der Waals surface area contributed by atoms with Gasteiger partial charge in [0.05, 0.1) is 0 Å². The number of likely N-dealkylation sites (tertiary alicyclic amines) is 2. The van der Waals surface area contributed by atoms with Crippen LogP contribution in [0.1, 0.15) is 46.0 Å². The van der Waals surface area contributed by atoms with Gasteiger partial charge in [0.25, 0.3) is 0 Å². The highest BCUT2D eigenvalue weighted by Crippen LogP contribution is 2.25. The van der Waals surface area contributed by atoms with Crippen LogP contribution in [0, 0.1) is 0 Å². The van der Waals surface area contributed by atoms with Gasteiger partial charge in [0.15, 0.2) is 5.12 Å². The van der Waals surface area contributed by atoms with Crippen molar-refractivity contribution < 1.29 is 9.59 Å². The number of amides is 1. The topological polar surface area (TPSA) is 40.6 Å². The Kier molecular flexibility index (Phi) is 5.90. The monoisotopic (exact) mass is 298 g/mol. The van der Waals surface area contributed by atoms with Gasteiger partial charge in [-0.15, -0.1) is 0 Å². The molecule has 2 aliphatic heterocycles. The predicted molar refractivity (Wildman–Crippen MR) is 82.8 cm³/mol. The molecule has 20 heavy (non-hydrogen) atoms. The second kappa shape index (κ2) is 7.46. The molecule has 1 amide bonds. The van der Waals surface area contributed by atoms with Gasteiger partial charge in [-0.3, -0.25) is 14.5 Å². The molecule has 2 aliphatic rings. The lowest BCUT2D eigenvalue weighted by atomic mass is 10.0. The molecule has 2 unspecified atom stereocenters. The zero-order valence-electron chi connectivity index (χ0n) is 12.6. The van der Waals surface area contributed by atoms with E-state index >= 15 is 0 Å². The summed E-state index contributed by atoms with van der Waals surface area (Å²) in [4.78, 5) is 27.6. The van der Waals surface area contributed by atoms with Crippen LogP contribution in [-0.2, 0) is 9.59 Å². The molecule has 0 saturated carbocycles. The molecule has 0 aliphatic carbocycles. The number of piperidine rings is 1. The van der Waals surface area contributed by atoms with Crippen molar-refractivity contribution in [2.24, 2.45) is 0 Å². The van der Waals surface area contributed by atoms with E-state index in [-0.39, 0.29) is 16.3 Å². The summed E-state index contributed by atoms with van der Waals surface area (Å²) in [6, 6.07) is 0.698. The fourth-order valence-electron chi connectivity index (χ4n) is 3.33. The van der Waals surface area contributed by atoms with Crippen molar-refractivity contribution in [2.45, 2.75) is 57.2 Å². The Morgan fingerprint density at radius 2 is 2.15 bits per heavy atom. The van der Waals surface area contributed by atoms with Crippen LogP contribution < -0.4 is 0 Å². The number of hydrogen-bond donors (Lipinski definition) is 0. The van der Waals surface area contributed by atoms with Crippen molar-refractivity contribution in [1.82, 2.24) is 9.80 Å². The molecule has 0 N–H and O–H groups in total. The lowest BCUT2D eigenvalue weighted by molar-refractivity contribution is -0.128. The molecule has 4 nitrogen and oxygen atoms in total. The summed E-state index contributed by atoms with van der Waals surface area (Å²) >= 11 is 1.32. The van der Waals surface area contributed by atoms with E-state index in [2.05, 4.69) is 11.8 Å². The molecule has 0 radical (unpaired) electrons. The molecular formula is C15H26N2O2S. The third-order valence-electron chi connectivity index (χ3n) is 4.39. The first kappa shape index (κ1) is 15.8. The molecule has 0 aromatic heterocycles. The van der Waals surface area contributed by atoms with Gasteiger partial charge in [0, 0.05) is 44.3 Å². The Hall–Kier alpha value is -0.550. The molecule has 0 spiro atoms. The molecule has 2 heterocycles. The van der Waals surface area contributed by atoms with E-state index in [9.17, 15) is 9.59 Å². The SMILES string of the molecule is CCC1CCCCN1CCN1CC(SC(C)=O)CC1=O. The van der Waals surface area contributed by atoms with E-state index in [4.69, 9.17) is 0 Å². The third-order valence-corrected chi connectivity index (χ3v) is 5.37. The summed E-state index contributed by atoms with van der Waals surface area (Å²) in [5.74, 6) is 0.216. The third kappa shape index (κ3) is 4.22. The van der Waals surface area contributed by atoms with Crippen molar-refractivity contribution in [3.8, 4) is 0 Å². The first-order valence-corrected chi connectivity index (χ1v) is 8.67. The maximum absolute atomic E-state index is 12.0. The van der Waals surface area contributed by atoms with Gasteiger partial charge in [0.1, 0.15) is 0 Å². The highest BCUT2D eigenvalue weighted by molar-refractivity contribution is 8.14. The Labute approximate surface area is 126 Å². The molecule has 2 saturated heterocycles. The summed E-state index contributed by atoms with van der Waals surface area (Å²) in [5, 5.41) is 0.287. The van der Waals surface area contributed by atoms with E-state index in [0.29, 0.717) is 12.5 Å². The molecule has 2 rings (SSSR count). The summed E-state index contributed by atoms with van der Waals surface area (Å²) in [5.41, 5.74) is 0. The maximum Gasteiger partial charge on any atom is 0.223 e. The molecule has 114 valence electrons. The standard InChI is InChI=1S/C15H26N2O2S/c1-3-13-6-4-5-7-16(13)8-9-17-11-14(10-15(17)19)20-12(2)18/h13-14H,3-11H2,1-2H3. The second-order valence-corrected chi connectivity index (χ2v) is 7.35. The highest BCUT2D eigenvalue weighted by atomic mass is 32.2. The van der Waals surface area contributed by atoms with Gasteiger partial charge in [-0.25, -0.2) is 0 Å². The van der Waals surface area contributed by atoms with E-state index in [1.165, 1.54) is 44.0 Å². The van der Waals surface area contributed by atoms with Crippen molar-refractivity contribution in [1.29, 1.82) is 0 Å². The maximum atomic E-state index is 12.0. The summed E-state index contributed by atoms with van der Waals surface area (Å²) in [6.07, 6.45) is 5.66. The number of carbonyl (C=O) groups is 2. The zero-order chi connectivity index (χ0) is 14.5. The van der Waals surface area contributed by atoms with Gasteiger partial charge in [-0.1, -0.05) is 25.1 Å². The smallest absolute Gasteiger partial charge is 0.223 e. The minimum atomic E-state index is 0.117. The minimum Gasteiger partial charge on any atom is -0.340 e. The molecule has 0 bridgehead atoms. The van der Waals surface area contributed by atoms with Gasteiger partial charge in [0.2, 0.25) is 5.91 Å². The fourth-order valence-corrected chi connectivity index (χ4v) is 4.28. The Morgan fingerprint density at radius 3 is 2.85 bits per heavy atom. The van der Waals surface area contributed by atoms with Crippen LogP contribution in [0.5, 0.6) is 0 Å². The molecule has 0 aromatic carbocycles. The highest BCUT2D eigenvalue weighted by Gasteiger charge is 2.31. The number of carbonyl (C=O) groups excluding carboxylic acids is 2. The van der Waals surface area contributed by atoms with E-state index in [0.717, 1.165) is 19.6 Å². The van der Waals surface area contributed by atoms with Crippen LogP contribution in [0.25, 0.3) is 0 Å². The van der Waals surface area contributed by atoms with Crippen LogP contribution in [0.2, 0.25) is 0 Å². The van der Waals surface area contributed by atoms with E-state index in [1.807, 2.05) is 4.90 Å². The van der Waals surface area contributed by atoms with Gasteiger partial charge < -0.3 is 4.90 Å². The lowest BCUT2D eigenvalue weighted by Gasteiger charge is -2.36. The van der Waals surface area contributed by atoms with Crippen molar-refractivity contribution in [2.75, 3.05) is 26.2 Å². The normalized spacial score (nSPS) is 28.1. The van der Waals surface area contributed by atoms with Gasteiger partial charge in [-0.2, -0.15) is 0 Å². The van der Waals surface area contributed by atoms with E-state index in [1.54, 1.807) is 6.92 Å². The number of thioether (sulfide) groups is 1. The Balaban J connectivity index is 1.78. The molecule has 5 heteroatoms. The summed E-state index contributed by atoms with van der Waals surface area (Å²) in [6.45, 7) is 7.56. The largest absolute Gasteiger partial charge is 0.340 e. The fraction of sp³-hybridized carbons (Fsp3) is 0.867. The average molecular weight is 298 g/mol. The van der Waals surface area contributed by atoms with Crippen molar-refractivity contribution in [3.63, 3.8) is 0 Å². The number of rotatable bonds is 5. The zero-order valence-corrected chi connectivity index (χ0v) is 13.5. The Bertz CT molecular complexity index is 362. The average Bonchev–Trinajstić information content (AvgIpc) is 2.76. The molecule has 2 atom stereocenters. The molecule has 0 aromatic rings.